The van der Waals surface area contributed by atoms with Crippen LogP contribution in [0, 0.1) is 11.8 Å². The Morgan fingerprint density at radius 2 is 1.84 bits per heavy atom. The monoisotopic (exact) mass is 270 g/mol. The minimum atomic E-state index is -0.988. The van der Waals surface area contributed by atoms with Gasteiger partial charge < -0.3 is 15.7 Å². The van der Waals surface area contributed by atoms with Crippen molar-refractivity contribution in [3.8, 4) is 0 Å². The smallest absolute Gasteiger partial charge is 0.326 e. The second-order valence-electron chi connectivity index (χ2n) is 5.75. The van der Waals surface area contributed by atoms with E-state index in [0.29, 0.717) is 6.54 Å². The quantitative estimate of drug-likeness (QED) is 0.693. The van der Waals surface area contributed by atoms with Crippen molar-refractivity contribution in [3.05, 3.63) is 0 Å². The van der Waals surface area contributed by atoms with Crippen LogP contribution < -0.4 is 10.6 Å². The molecule has 0 aromatic heterocycles. The molecule has 2 amide bonds. The van der Waals surface area contributed by atoms with Crippen molar-refractivity contribution in [1.82, 2.24) is 10.6 Å². The zero-order valence-corrected chi connectivity index (χ0v) is 11.9. The van der Waals surface area contributed by atoms with Gasteiger partial charge in [-0.2, -0.15) is 0 Å². The van der Waals surface area contributed by atoms with E-state index in [1.807, 2.05) is 0 Å². The summed E-state index contributed by atoms with van der Waals surface area (Å²) in [5.41, 5.74) is 0. The van der Waals surface area contributed by atoms with Gasteiger partial charge in [0.1, 0.15) is 6.04 Å². The number of rotatable bonds is 6. The van der Waals surface area contributed by atoms with Gasteiger partial charge in [0.25, 0.3) is 0 Å². The molecule has 5 heteroatoms. The lowest BCUT2D eigenvalue weighted by molar-refractivity contribution is -0.140. The molecule has 0 radical (unpaired) electrons. The number of carboxylic acid groups (broad SMARTS) is 1. The number of urea groups is 1. The Morgan fingerprint density at radius 1 is 1.21 bits per heavy atom. The van der Waals surface area contributed by atoms with Crippen LogP contribution in [0.25, 0.3) is 0 Å². The molecule has 0 saturated heterocycles. The normalized spacial score (nSPS) is 18.1. The number of amides is 2. The van der Waals surface area contributed by atoms with Crippen LogP contribution in [0.3, 0.4) is 0 Å². The van der Waals surface area contributed by atoms with Crippen LogP contribution in [0.2, 0.25) is 0 Å². The van der Waals surface area contributed by atoms with E-state index >= 15 is 0 Å². The van der Waals surface area contributed by atoms with E-state index in [1.165, 1.54) is 32.1 Å². The van der Waals surface area contributed by atoms with Crippen molar-refractivity contribution in [2.45, 2.75) is 58.4 Å². The number of carbonyl (C=O) groups excluding carboxylic acids is 1. The van der Waals surface area contributed by atoms with Gasteiger partial charge >= 0.3 is 12.0 Å². The molecule has 1 unspecified atom stereocenters. The highest BCUT2D eigenvalue weighted by atomic mass is 16.4. The highest BCUT2D eigenvalue weighted by Crippen LogP contribution is 2.25. The Morgan fingerprint density at radius 3 is 2.37 bits per heavy atom. The SMILES string of the molecule is CC(C)C(NC(=O)NCCC1CCCCC1)C(=O)O. The highest BCUT2D eigenvalue weighted by molar-refractivity contribution is 5.82. The van der Waals surface area contributed by atoms with Gasteiger partial charge in [-0.05, 0) is 18.3 Å². The van der Waals surface area contributed by atoms with Gasteiger partial charge in [0.15, 0.2) is 0 Å². The molecule has 1 aliphatic rings. The largest absolute Gasteiger partial charge is 0.480 e. The average Bonchev–Trinajstić information content (AvgIpc) is 2.36. The molecule has 1 fully saturated rings. The minimum absolute atomic E-state index is 0.124. The molecule has 1 atom stereocenters. The topological polar surface area (TPSA) is 78.4 Å². The lowest BCUT2D eigenvalue weighted by Crippen LogP contribution is -2.48. The first kappa shape index (κ1) is 15.8. The Bertz CT molecular complexity index is 299. The fourth-order valence-electron chi connectivity index (χ4n) is 2.57. The van der Waals surface area contributed by atoms with E-state index in [1.54, 1.807) is 13.8 Å². The van der Waals surface area contributed by atoms with E-state index in [4.69, 9.17) is 5.11 Å². The van der Waals surface area contributed by atoms with E-state index in [0.717, 1.165) is 12.3 Å². The maximum atomic E-state index is 11.6. The Balaban J connectivity index is 2.21. The van der Waals surface area contributed by atoms with Crippen LogP contribution in [-0.2, 0) is 4.79 Å². The van der Waals surface area contributed by atoms with Crippen molar-refractivity contribution < 1.29 is 14.7 Å². The van der Waals surface area contributed by atoms with Crippen LogP contribution >= 0.6 is 0 Å². The summed E-state index contributed by atoms with van der Waals surface area (Å²) in [6, 6.07) is -1.20. The number of nitrogens with one attached hydrogen (secondary N) is 2. The molecule has 3 N–H and O–H groups in total. The summed E-state index contributed by atoms with van der Waals surface area (Å²) in [4.78, 5) is 22.6. The van der Waals surface area contributed by atoms with E-state index in [-0.39, 0.29) is 11.9 Å². The lowest BCUT2D eigenvalue weighted by atomic mass is 9.87. The van der Waals surface area contributed by atoms with Crippen LogP contribution in [0.15, 0.2) is 0 Å². The third kappa shape index (κ3) is 5.94. The molecular formula is C14H26N2O3. The second-order valence-corrected chi connectivity index (χ2v) is 5.75. The number of hydrogen-bond acceptors (Lipinski definition) is 2. The van der Waals surface area contributed by atoms with Crippen molar-refractivity contribution >= 4 is 12.0 Å². The van der Waals surface area contributed by atoms with E-state index < -0.39 is 12.0 Å². The zero-order valence-electron chi connectivity index (χ0n) is 11.9. The van der Waals surface area contributed by atoms with Crippen LogP contribution in [0.4, 0.5) is 4.79 Å². The molecule has 0 aromatic carbocycles. The predicted octanol–water partition coefficient (Wildman–Crippen LogP) is 2.37. The second kappa shape index (κ2) is 8.02. The van der Waals surface area contributed by atoms with Gasteiger partial charge in [-0.1, -0.05) is 46.0 Å². The third-order valence-electron chi connectivity index (χ3n) is 3.78. The molecule has 0 aliphatic heterocycles. The Labute approximate surface area is 115 Å². The molecule has 0 heterocycles. The van der Waals surface area contributed by atoms with Crippen LogP contribution in [0.1, 0.15) is 52.4 Å². The van der Waals surface area contributed by atoms with Gasteiger partial charge in [-0.25, -0.2) is 9.59 Å². The summed E-state index contributed by atoms with van der Waals surface area (Å²) >= 11 is 0. The van der Waals surface area contributed by atoms with Gasteiger partial charge in [0.2, 0.25) is 0 Å². The first-order valence-electron chi connectivity index (χ1n) is 7.28. The molecule has 1 saturated carbocycles. The summed E-state index contributed by atoms with van der Waals surface area (Å²) in [5.74, 6) is -0.395. The molecule has 110 valence electrons. The molecule has 0 bridgehead atoms. The molecule has 19 heavy (non-hydrogen) atoms. The number of carbonyl (C=O) groups is 2. The van der Waals surface area contributed by atoms with Gasteiger partial charge in [0.05, 0.1) is 0 Å². The summed E-state index contributed by atoms with van der Waals surface area (Å²) < 4.78 is 0. The fraction of sp³-hybridized carbons (Fsp3) is 0.857. The van der Waals surface area contributed by atoms with Crippen molar-refractivity contribution in [2.24, 2.45) is 11.8 Å². The number of aliphatic carboxylic acids is 1. The molecule has 0 aromatic rings. The maximum absolute atomic E-state index is 11.6. The van der Waals surface area contributed by atoms with Crippen LogP contribution in [0.5, 0.6) is 0 Å². The third-order valence-corrected chi connectivity index (χ3v) is 3.78. The van der Waals surface area contributed by atoms with Gasteiger partial charge in [0, 0.05) is 6.54 Å². The summed E-state index contributed by atoms with van der Waals surface area (Å²) in [7, 11) is 0. The zero-order chi connectivity index (χ0) is 14.3. The highest BCUT2D eigenvalue weighted by Gasteiger charge is 2.23. The minimum Gasteiger partial charge on any atom is -0.480 e. The standard InChI is InChI=1S/C14H26N2O3/c1-10(2)12(13(17)18)16-14(19)15-9-8-11-6-4-3-5-7-11/h10-12H,3-9H2,1-2H3,(H,17,18)(H2,15,16,19). The Kier molecular flexibility index (Phi) is 6.67. The van der Waals surface area contributed by atoms with Crippen molar-refractivity contribution in [1.29, 1.82) is 0 Å². The van der Waals surface area contributed by atoms with Crippen LogP contribution in [-0.4, -0.2) is 29.7 Å². The maximum Gasteiger partial charge on any atom is 0.326 e. The summed E-state index contributed by atoms with van der Waals surface area (Å²) in [6.07, 6.45) is 7.43. The molecule has 0 spiro atoms. The van der Waals surface area contributed by atoms with Gasteiger partial charge in [-0.15, -0.1) is 0 Å². The van der Waals surface area contributed by atoms with E-state index in [9.17, 15) is 9.59 Å². The first-order valence-corrected chi connectivity index (χ1v) is 7.28. The first-order chi connectivity index (χ1) is 9.00. The predicted molar refractivity (Wildman–Crippen MR) is 74.0 cm³/mol. The number of carboxylic acids is 1. The molecule has 5 nitrogen and oxygen atoms in total. The van der Waals surface area contributed by atoms with Crippen molar-refractivity contribution in [3.63, 3.8) is 0 Å². The summed E-state index contributed by atoms with van der Waals surface area (Å²) in [6.45, 7) is 4.18. The average molecular weight is 270 g/mol. The van der Waals surface area contributed by atoms with Gasteiger partial charge in [-0.3, -0.25) is 0 Å². The summed E-state index contributed by atoms with van der Waals surface area (Å²) in [5, 5.41) is 14.2. The Hall–Kier alpha value is -1.26. The van der Waals surface area contributed by atoms with E-state index in [2.05, 4.69) is 10.6 Å². The fourth-order valence-corrected chi connectivity index (χ4v) is 2.57. The lowest BCUT2D eigenvalue weighted by Gasteiger charge is -2.22. The molecule has 1 aliphatic carbocycles. The molecular weight excluding hydrogens is 244 g/mol. The van der Waals surface area contributed by atoms with Crippen molar-refractivity contribution in [2.75, 3.05) is 6.54 Å². The number of hydrogen-bond donors (Lipinski definition) is 3. The molecule has 1 rings (SSSR count).